The maximum Gasteiger partial charge on any atom is 0.224 e. The van der Waals surface area contributed by atoms with Gasteiger partial charge in [0.05, 0.1) is 11.4 Å². The van der Waals surface area contributed by atoms with Crippen LogP contribution in [0, 0.1) is 18.8 Å². The molecule has 1 aromatic rings. The molecule has 4 heteroatoms. The van der Waals surface area contributed by atoms with Gasteiger partial charge in [-0.15, -0.1) is 0 Å². The number of anilines is 3. The third-order valence-corrected chi connectivity index (χ3v) is 4.17. The number of nitrogens with zero attached hydrogens (tertiary/aromatic N) is 1. The summed E-state index contributed by atoms with van der Waals surface area (Å²) in [4.78, 5) is 14.1. The molecule has 2 rings (SSSR count). The fourth-order valence-electron chi connectivity index (χ4n) is 3.27. The Hall–Kier alpha value is -1.71. The van der Waals surface area contributed by atoms with Gasteiger partial charge in [-0.3, -0.25) is 4.79 Å². The topological polar surface area (TPSA) is 58.4 Å². The second kappa shape index (κ2) is 6.37. The summed E-state index contributed by atoms with van der Waals surface area (Å²) in [6, 6.07) is 3.99. The molecule has 0 aromatic heterocycles. The van der Waals surface area contributed by atoms with Crippen molar-refractivity contribution in [1.29, 1.82) is 0 Å². The van der Waals surface area contributed by atoms with Crippen LogP contribution in [0.15, 0.2) is 12.1 Å². The molecular weight excluding hydrogens is 262 g/mol. The maximum absolute atomic E-state index is 11.6. The molecule has 2 atom stereocenters. The minimum absolute atomic E-state index is 0.00289. The first kappa shape index (κ1) is 15.7. The van der Waals surface area contributed by atoms with Crippen LogP contribution in [0.1, 0.15) is 39.2 Å². The zero-order chi connectivity index (χ0) is 15.6. The van der Waals surface area contributed by atoms with Crippen LogP contribution >= 0.6 is 0 Å². The third-order valence-electron chi connectivity index (χ3n) is 4.17. The third kappa shape index (κ3) is 3.69. The van der Waals surface area contributed by atoms with E-state index < -0.39 is 0 Å². The summed E-state index contributed by atoms with van der Waals surface area (Å²) in [5.74, 6) is 1.38. The molecule has 0 radical (unpaired) electrons. The Morgan fingerprint density at radius 3 is 2.52 bits per heavy atom. The second-order valence-electron chi connectivity index (χ2n) is 6.48. The molecule has 1 aromatic carbocycles. The molecule has 1 aliphatic heterocycles. The van der Waals surface area contributed by atoms with Gasteiger partial charge >= 0.3 is 0 Å². The van der Waals surface area contributed by atoms with Crippen LogP contribution in [0.25, 0.3) is 0 Å². The Balaban J connectivity index is 2.30. The van der Waals surface area contributed by atoms with Crippen molar-refractivity contribution in [3.8, 4) is 0 Å². The van der Waals surface area contributed by atoms with E-state index in [1.165, 1.54) is 17.7 Å². The van der Waals surface area contributed by atoms with E-state index in [9.17, 15) is 4.79 Å². The van der Waals surface area contributed by atoms with Gasteiger partial charge in [0, 0.05) is 25.2 Å². The average molecular weight is 289 g/mol. The summed E-state index contributed by atoms with van der Waals surface area (Å²) in [6.07, 6.45) is 1.74. The molecule has 3 N–H and O–H groups in total. The fraction of sp³-hybridized carbons (Fsp3) is 0.588. The molecular formula is C17H27N3O. The Labute approximate surface area is 127 Å². The summed E-state index contributed by atoms with van der Waals surface area (Å²) in [5.41, 5.74) is 9.77. The molecule has 1 amide bonds. The molecule has 0 spiro atoms. The summed E-state index contributed by atoms with van der Waals surface area (Å²) in [7, 11) is 0. The lowest BCUT2D eigenvalue weighted by molar-refractivity contribution is -0.115. The van der Waals surface area contributed by atoms with Crippen molar-refractivity contribution in [3.05, 3.63) is 17.7 Å². The Morgan fingerprint density at radius 1 is 1.33 bits per heavy atom. The van der Waals surface area contributed by atoms with Crippen LogP contribution in [0.3, 0.4) is 0 Å². The van der Waals surface area contributed by atoms with Crippen molar-refractivity contribution in [3.63, 3.8) is 0 Å². The van der Waals surface area contributed by atoms with Crippen molar-refractivity contribution in [1.82, 2.24) is 0 Å². The number of amides is 1. The van der Waals surface area contributed by atoms with Crippen molar-refractivity contribution >= 4 is 23.0 Å². The number of rotatable bonds is 3. The monoisotopic (exact) mass is 289 g/mol. The average Bonchev–Trinajstić information content (AvgIpc) is 2.40. The van der Waals surface area contributed by atoms with E-state index >= 15 is 0 Å². The molecule has 1 saturated heterocycles. The van der Waals surface area contributed by atoms with Gasteiger partial charge in [-0.05, 0) is 42.9 Å². The number of carbonyl (C=O) groups excluding carboxylic acids is 1. The number of benzene rings is 1. The van der Waals surface area contributed by atoms with E-state index in [0.717, 1.165) is 18.8 Å². The number of nitrogen functional groups attached to an aromatic ring is 1. The van der Waals surface area contributed by atoms with Crippen LogP contribution in [-0.4, -0.2) is 19.0 Å². The van der Waals surface area contributed by atoms with Gasteiger partial charge in [-0.2, -0.15) is 0 Å². The van der Waals surface area contributed by atoms with E-state index in [2.05, 4.69) is 31.0 Å². The second-order valence-corrected chi connectivity index (χ2v) is 6.48. The Kier molecular flexibility index (Phi) is 4.76. The summed E-state index contributed by atoms with van der Waals surface area (Å²) in [6.45, 7) is 10.7. The van der Waals surface area contributed by atoms with Gasteiger partial charge in [-0.25, -0.2) is 0 Å². The first-order valence-electron chi connectivity index (χ1n) is 7.85. The molecule has 0 bridgehead atoms. The smallest absolute Gasteiger partial charge is 0.224 e. The zero-order valence-corrected chi connectivity index (χ0v) is 13.6. The highest BCUT2D eigenvalue weighted by atomic mass is 16.1. The lowest BCUT2D eigenvalue weighted by Crippen LogP contribution is -2.39. The highest BCUT2D eigenvalue weighted by molar-refractivity contribution is 5.94. The quantitative estimate of drug-likeness (QED) is 0.838. The first-order chi connectivity index (χ1) is 9.90. The molecule has 0 unspecified atom stereocenters. The highest BCUT2D eigenvalue weighted by Crippen LogP contribution is 2.33. The van der Waals surface area contributed by atoms with Crippen LogP contribution in [0.4, 0.5) is 17.1 Å². The van der Waals surface area contributed by atoms with E-state index in [-0.39, 0.29) is 5.91 Å². The molecule has 116 valence electrons. The van der Waals surface area contributed by atoms with Gasteiger partial charge in [0.15, 0.2) is 0 Å². The van der Waals surface area contributed by atoms with Crippen molar-refractivity contribution < 1.29 is 4.79 Å². The number of aryl methyl sites for hydroxylation is 1. The molecule has 0 saturated carbocycles. The lowest BCUT2D eigenvalue weighted by Gasteiger charge is -2.37. The van der Waals surface area contributed by atoms with Crippen molar-refractivity contribution in [2.75, 3.05) is 29.0 Å². The Bertz CT molecular complexity index is 517. The van der Waals surface area contributed by atoms with Gasteiger partial charge in [-0.1, -0.05) is 20.8 Å². The number of piperidine rings is 1. The summed E-state index contributed by atoms with van der Waals surface area (Å²) in [5, 5.41) is 2.90. The highest BCUT2D eigenvalue weighted by Gasteiger charge is 2.23. The summed E-state index contributed by atoms with van der Waals surface area (Å²) >= 11 is 0. The summed E-state index contributed by atoms with van der Waals surface area (Å²) < 4.78 is 0. The van der Waals surface area contributed by atoms with Crippen LogP contribution in [0.2, 0.25) is 0 Å². The zero-order valence-electron chi connectivity index (χ0n) is 13.6. The van der Waals surface area contributed by atoms with Crippen molar-refractivity contribution in [2.24, 2.45) is 11.8 Å². The van der Waals surface area contributed by atoms with Gasteiger partial charge in [0.1, 0.15) is 0 Å². The minimum atomic E-state index is -0.00289. The fourth-order valence-corrected chi connectivity index (χ4v) is 3.27. The molecule has 0 aliphatic carbocycles. The molecule has 21 heavy (non-hydrogen) atoms. The van der Waals surface area contributed by atoms with E-state index in [1.807, 2.05) is 19.1 Å². The largest absolute Gasteiger partial charge is 0.397 e. The standard InChI is InChI=1S/C17H27N3O/c1-5-17(21)19-15-8-16(13(4)7-14(15)18)20-9-11(2)6-12(3)10-20/h7-8,11-12H,5-6,9-10,18H2,1-4H3,(H,19,21)/t11-,12-/m0/s1. The van der Waals surface area contributed by atoms with Crippen molar-refractivity contribution in [2.45, 2.75) is 40.5 Å². The molecule has 1 heterocycles. The number of nitrogens with two attached hydrogens (primary N) is 1. The Morgan fingerprint density at radius 2 is 1.95 bits per heavy atom. The maximum atomic E-state index is 11.6. The van der Waals surface area contributed by atoms with Gasteiger partial charge in [0.2, 0.25) is 5.91 Å². The van der Waals surface area contributed by atoms with E-state index in [4.69, 9.17) is 5.73 Å². The normalized spacial score (nSPS) is 22.2. The predicted molar refractivity (Wildman–Crippen MR) is 89.7 cm³/mol. The molecule has 4 nitrogen and oxygen atoms in total. The van der Waals surface area contributed by atoms with Crippen LogP contribution in [-0.2, 0) is 4.79 Å². The van der Waals surface area contributed by atoms with Gasteiger partial charge in [0.25, 0.3) is 0 Å². The van der Waals surface area contributed by atoms with Crippen LogP contribution in [0.5, 0.6) is 0 Å². The van der Waals surface area contributed by atoms with E-state index in [0.29, 0.717) is 23.9 Å². The molecule has 1 fully saturated rings. The van der Waals surface area contributed by atoms with Crippen LogP contribution < -0.4 is 16.0 Å². The number of nitrogens with one attached hydrogen (secondary N) is 1. The van der Waals surface area contributed by atoms with E-state index in [1.54, 1.807) is 0 Å². The number of hydrogen-bond donors (Lipinski definition) is 2. The molecule has 1 aliphatic rings. The van der Waals surface area contributed by atoms with Gasteiger partial charge < -0.3 is 16.0 Å². The minimum Gasteiger partial charge on any atom is -0.397 e. The number of hydrogen-bond acceptors (Lipinski definition) is 3. The number of carbonyl (C=O) groups is 1. The SMILES string of the molecule is CCC(=O)Nc1cc(N2C[C@@H](C)C[C@H](C)C2)c(C)cc1N. The predicted octanol–water partition coefficient (Wildman–Crippen LogP) is 3.41. The lowest BCUT2D eigenvalue weighted by atomic mass is 9.91. The first-order valence-corrected chi connectivity index (χ1v) is 7.85.